The lowest BCUT2D eigenvalue weighted by Gasteiger charge is -1.93. The number of fused-ring (bicyclic) bond motifs is 1. The van der Waals surface area contributed by atoms with Crippen molar-refractivity contribution in [3.8, 4) is 11.4 Å². The summed E-state index contributed by atoms with van der Waals surface area (Å²) in [6.45, 7) is 0. The lowest BCUT2D eigenvalue weighted by Crippen LogP contribution is -2.03. The van der Waals surface area contributed by atoms with Gasteiger partial charge < -0.3 is 5.11 Å². The summed E-state index contributed by atoms with van der Waals surface area (Å²) in [6, 6.07) is 3.67. The molecule has 1 N–H and O–H groups in total. The number of carboxylic acids is 1. The number of carbonyl (C=O) groups is 1. The van der Waals surface area contributed by atoms with Crippen LogP contribution in [0.25, 0.3) is 16.3 Å². The molecule has 0 spiro atoms. The van der Waals surface area contributed by atoms with Gasteiger partial charge in [-0.25, -0.2) is 4.52 Å². The second kappa shape index (κ2) is 4.19. The van der Waals surface area contributed by atoms with Crippen molar-refractivity contribution in [3.05, 3.63) is 35.6 Å². The molecule has 3 rings (SSSR count). The highest BCUT2D eigenvalue weighted by Gasteiger charge is 2.13. The van der Waals surface area contributed by atoms with Gasteiger partial charge in [0, 0.05) is 23.3 Å². The van der Waals surface area contributed by atoms with Crippen LogP contribution >= 0.6 is 11.3 Å². The number of aliphatic carboxylic acids is 1. The molecule has 0 radical (unpaired) electrons. The fourth-order valence-electron chi connectivity index (χ4n) is 1.62. The summed E-state index contributed by atoms with van der Waals surface area (Å²) in [5, 5.41) is 14.9. The van der Waals surface area contributed by atoms with Gasteiger partial charge in [-0.2, -0.15) is 4.98 Å². The number of aromatic nitrogens is 4. The zero-order valence-electron chi connectivity index (χ0n) is 9.15. The molecule has 0 atom stereocenters. The van der Waals surface area contributed by atoms with Crippen LogP contribution in [0.3, 0.4) is 0 Å². The smallest absolute Gasteiger partial charge is 0.309 e. The standard InChI is InChI=1S/C11H8N4O2S/c16-9(17)4-8-6-18-11-13-10(14-15(8)11)7-2-1-3-12-5-7/h1-3,5-6H,4H2,(H,16,17). The van der Waals surface area contributed by atoms with Gasteiger partial charge in [-0.15, -0.1) is 16.4 Å². The van der Waals surface area contributed by atoms with E-state index in [2.05, 4.69) is 15.1 Å². The molecule has 0 aliphatic carbocycles. The van der Waals surface area contributed by atoms with Gasteiger partial charge in [-0.3, -0.25) is 9.78 Å². The van der Waals surface area contributed by atoms with Crippen LogP contribution in [0.15, 0.2) is 29.9 Å². The third-order valence-electron chi connectivity index (χ3n) is 2.40. The van der Waals surface area contributed by atoms with Gasteiger partial charge in [-0.05, 0) is 12.1 Å². The van der Waals surface area contributed by atoms with E-state index in [0.717, 1.165) is 5.56 Å². The van der Waals surface area contributed by atoms with E-state index >= 15 is 0 Å². The predicted octanol–water partition coefficient (Wildman–Crippen LogP) is 1.48. The van der Waals surface area contributed by atoms with Crippen LogP contribution in [-0.4, -0.2) is 30.7 Å². The first kappa shape index (κ1) is 10.8. The maximum absolute atomic E-state index is 10.7. The molecule has 0 aromatic carbocycles. The molecule has 0 fully saturated rings. The number of pyridine rings is 1. The minimum absolute atomic E-state index is 0.0597. The van der Waals surface area contributed by atoms with Crippen LogP contribution in [0.5, 0.6) is 0 Å². The van der Waals surface area contributed by atoms with Gasteiger partial charge in [0.2, 0.25) is 4.96 Å². The number of nitrogens with zero attached hydrogens (tertiary/aromatic N) is 4. The topological polar surface area (TPSA) is 80.4 Å². The highest BCUT2D eigenvalue weighted by molar-refractivity contribution is 7.15. The zero-order chi connectivity index (χ0) is 12.5. The monoisotopic (exact) mass is 260 g/mol. The van der Waals surface area contributed by atoms with Gasteiger partial charge in [0.05, 0.1) is 12.1 Å². The Bertz CT molecular complexity index is 704. The first-order chi connectivity index (χ1) is 8.74. The van der Waals surface area contributed by atoms with E-state index in [0.29, 0.717) is 16.5 Å². The highest BCUT2D eigenvalue weighted by Crippen LogP contribution is 2.20. The first-order valence-corrected chi connectivity index (χ1v) is 6.07. The molecule has 3 aromatic heterocycles. The molecule has 0 amide bonds. The average Bonchev–Trinajstić information content (AvgIpc) is 2.92. The Kier molecular flexibility index (Phi) is 2.52. The Morgan fingerprint density at radius 3 is 3.11 bits per heavy atom. The number of hydrogen-bond acceptors (Lipinski definition) is 5. The molecule has 6 nitrogen and oxygen atoms in total. The van der Waals surface area contributed by atoms with Gasteiger partial charge >= 0.3 is 5.97 Å². The Hall–Kier alpha value is -2.28. The fraction of sp³-hybridized carbons (Fsp3) is 0.0909. The summed E-state index contributed by atoms with van der Waals surface area (Å²) < 4.78 is 1.57. The van der Waals surface area contributed by atoms with Gasteiger partial charge in [0.25, 0.3) is 0 Å². The van der Waals surface area contributed by atoms with Gasteiger partial charge in [0.1, 0.15) is 0 Å². The van der Waals surface area contributed by atoms with Crippen molar-refractivity contribution < 1.29 is 9.90 Å². The summed E-state index contributed by atoms with van der Waals surface area (Å²) >= 11 is 1.38. The Morgan fingerprint density at radius 2 is 2.39 bits per heavy atom. The zero-order valence-corrected chi connectivity index (χ0v) is 9.96. The number of rotatable bonds is 3. The minimum Gasteiger partial charge on any atom is -0.481 e. The van der Waals surface area contributed by atoms with Crippen LogP contribution in [0.2, 0.25) is 0 Å². The van der Waals surface area contributed by atoms with Crippen LogP contribution < -0.4 is 0 Å². The number of hydrogen-bond donors (Lipinski definition) is 1. The third-order valence-corrected chi connectivity index (χ3v) is 3.27. The van der Waals surface area contributed by atoms with Crippen LogP contribution in [0, 0.1) is 0 Å². The van der Waals surface area contributed by atoms with Crippen molar-refractivity contribution in [2.45, 2.75) is 6.42 Å². The summed E-state index contributed by atoms with van der Waals surface area (Å²) in [5.41, 5.74) is 1.44. The van der Waals surface area contributed by atoms with Crippen LogP contribution in [0.1, 0.15) is 5.69 Å². The lowest BCUT2D eigenvalue weighted by molar-refractivity contribution is -0.136. The molecule has 0 aliphatic rings. The van der Waals surface area contributed by atoms with Crippen molar-refractivity contribution in [2.75, 3.05) is 0 Å². The minimum atomic E-state index is -0.881. The number of thiazole rings is 1. The van der Waals surface area contributed by atoms with E-state index in [1.165, 1.54) is 11.3 Å². The van der Waals surface area contributed by atoms with E-state index in [1.807, 2.05) is 12.1 Å². The molecule has 0 saturated heterocycles. The van der Waals surface area contributed by atoms with Gasteiger partial charge in [0.15, 0.2) is 5.82 Å². The second-order valence-corrected chi connectivity index (χ2v) is 4.51. The Morgan fingerprint density at radius 1 is 1.50 bits per heavy atom. The molecule has 3 heterocycles. The van der Waals surface area contributed by atoms with Crippen molar-refractivity contribution in [1.82, 2.24) is 19.6 Å². The predicted molar refractivity (Wildman–Crippen MR) is 65.4 cm³/mol. The van der Waals surface area contributed by atoms with Crippen molar-refractivity contribution in [1.29, 1.82) is 0 Å². The van der Waals surface area contributed by atoms with Crippen molar-refractivity contribution in [2.24, 2.45) is 0 Å². The van der Waals surface area contributed by atoms with E-state index in [4.69, 9.17) is 5.11 Å². The molecule has 3 aromatic rings. The summed E-state index contributed by atoms with van der Waals surface area (Å²) in [4.78, 5) is 19.8. The van der Waals surface area contributed by atoms with Crippen molar-refractivity contribution >= 4 is 22.3 Å². The quantitative estimate of drug-likeness (QED) is 0.771. The Labute approximate surface area is 106 Å². The van der Waals surface area contributed by atoms with Crippen LogP contribution in [-0.2, 0) is 11.2 Å². The molecule has 7 heteroatoms. The van der Waals surface area contributed by atoms with Gasteiger partial charge in [-0.1, -0.05) is 0 Å². The van der Waals surface area contributed by atoms with Crippen molar-refractivity contribution in [3.63, 3.8) is 0 Å². The maximum atomic E-state index is 10.7. The normalized spacial score (nSPS) is 10.9. The molecule has 0 bridgehead atoms. The molecule has 90 valence electrons. The van der Waals surface area contributed by atoms with E-state index in [-0.39, 0.29) is 6.42 Å². The fourth-order valence-corrected chi connectivity index (χ4v) is 2.44. The van der Waals surface area contributed by atoms with E-state index in [1.54, 1.807) is 22.3 Å². The SMILES string of the molecule is O=C(O)Cc1csc2nc(-c3cccnc3)nn12. The second-order valence-electron chi connectivity index (χ2n) is 3.67. The number of carboxylic acid groups (broad SMARTS) is 1. The summed E-state index contributed by atoms with van der Waals surface area (Å²) in [5.74, 6) is -0.324. The highest BCUT2D eigenvalue weighted by atomic mass is 32.1. The molecular weight excluding hydrogens is 252 g/mol. The lowest BCUT2D eigenvalue weighted by atomic mass is 10.3. The van der Waals surface area contributed by atoms with E-state index in [9.17, 15) is 4.79 Å². The maximum Gasteiger partial charge on any atom is 0.309 e. The molecular formula is C11H8N4O2S. The summed E-state index contributed by atoms with van der Waals surface area (Å²) in [6.07, 6.45) is 3.30. The molecule has 18 heavy (non-hydrogen) atoms. The molecule has 0 unspecified atom stereocenters. The first-order valence-electron chi connectivity index (χ1n) is 5.19. The third kappa shape index (κ3) is 1.84. The summed E-state index contributed by atoms with van der Waals surface area (Å²) in [7, 11) is 0. The average molecular weight is 260 g/mol. The van der Waals surface area contributed by atoms with E-state index < -0.39 is 5.97 Å². The largest absolute Gasteiger partial charge is 0.481 e. The van der Waals surface area contributed by atoms with Crippen LogP contribution in [0.4, 0.5) is 0 Å². The Balaban J connectivity index is 2.07. The molecule has 0 saturated carbocycles. The molecule has 0 aliphatic heterocycles.